The van der Waals surface area contributed by atoms with Crippen molar-refractivity contribution in [1.29, 1.82) is 0 Å². The number of hydrogen-bond donors (Lipinski definition) is 3. The van der Waals surface area contributed by atoms with E-state index >= 15 is 0 Å². The summed E-state index contributed by atoms with van der Waals surface area (Å²) in [5, 5.41) is 9.09. The molecule has 38 heavy (non-hydrogen) atoms. The molecule has 4 aromatic rings. The molecular weight excluding hydrogens is 497 g/mol. The van der Waals surface area contributed by atoms with Gasteiger partial charge in [0.25, 0.3) is 5.82 Å². The fourth-order valence-corrected chi connectivity index (χ4v) is 3.92. The zero-order valence-electron chi connectivity index (χ0n) is 20.2. The maximum atomic E-state index is 14.0. The summed E-state index contributed by atoms with van der Waals surface area (Å²) < 4.78 is 47.5. The molecule has 0 bridgehead atoms. The van der Waals surface area contributed by atoms with Crippen molar-refractivity contribution in [3.05, 3.63) is 101 Å². The van der Waals surface area contributed by atoms with Crippen molar-refractivity contribution in [3.63, 3.8) is 0 Å². The average molecular weight is 521 g/mol. The van der Waals surface area contributed by atoms with Crippen LogP contribution in [0.2, 0.25) is 0 Å². The van der Waals surface area contributed by atoms with Crippen molar-refractivity contribution in [2.45, 2.75) is 31.7 Å². The van der Waals surface area contributed by atoms with Crippen molar-refractivity contribution in [2.75, 3.05) is 0 Å². The van der Waals surface area contributed by atoms with Gasteiger partial charge in [-0.2, -0.15) is 13.2 Å². The molecule has 0 aliphatic carbocycles. The van der Waals surface area contributed by atoms with Crippen molar-refractivity contribution in [2.24, 2.45) is 5.73 Å². The molecule has 1 heterocycles. The topological polar surface area (TPSA) is 106 Å². The van der Waals surface area contributed by atoms with Gasteiger partial charge in [0.15, 0.2) is 5.82 Å². The molecule has 1 atom stereocenters. The van der Waals surface area contributed by atoms with Crippen LogP contribution in [0.4, 0.5) is 19.0 Å². The Labute approximate surface area is 216 Å². The van der Waals surface area contributed by atoms with E-state index in [4.69, 9.17) is 22.1 Å². The summed E-state index contributed by atoms with van der Waals surface area (Å²) in [5.41, 5.74) is 6.17. The Kier molecular flexibility index (Phi) is 7.23. The Hall–Kier alpha value is -4.62. The van der Waals surface area contributed by atoms with Gasteiger partial charge >= 0.3 is 12.1 Å². The van der Waals surface area contributed by atoms with E-state index in [0.717, 1.165) is 17.2 Å². The zero-order chi connectivity index (χ0) is 27.5. The molecule has 0 amide bonds. The summed E-state index contributed by atoms with van der Waals surface area (Å²) in [6.07, 6.45) is -5.24. The van der Waals surface area contributed by atoms with Gasteiger partial charge in [0.1, 0.15) is 17.9 Å². The molecule has 0 fully saturated rings. The van der Waals surface area contributed by atoms with Crippen molar-refractivity contribution in [1.82, 2.24) is 9.97 Å². The van der Waals surface area contributed by atoms with Gasteiger partial charge in [-0.3, -0.25) is 9.78 Å². The van der Waals surface area contributed by atoms with Gasteiger partial charge in [0.05, 0.1) is 17.7 Å². The fourth-order valence-electron chi connectivity index (χ4n) is 3.92. The van der Waals surface area contributed by atoms with Gasteiger partial charge < -0.3 is 20.4 Å². The lowest BCUT2D eigenvalue weighted by molar-refractivity contribution is -0.139. The molecule has 0 radical (unpaired) electrons. The number of nitrogens with two attached hydrogens (primary N) is 1. The molecule has 3 aromatic carbocycles. The number of aliphatic carboxylic acids is 1. The first-order valence-corrected chi connectivity index (χ1v) is 11.5. The number of imidazole rings is 1. The van der Waals surface area contributed by atoms with E-state index in [1.54, 1.807) is 12.1 Å². The van der Waals surface area contributed by atoms with Gasteiger partial charge in [-0.05, 0) is 41.3 Å². The van der Waals surface area contributed by atoms with Crippen molar-refractivity contribution in [3.8, 4) is 28.1 Å². The number of nitrogens with zero attached hydrogens (tertiary/aromatic N) is 2. The Balaban J connectivity index is 1.61. The Morgan fingerprint density at radius 1 is 1.05 bits per heavy atom. The first kappa shape index (κ1) is 26.4. The van der Waals surface area contributed by atoms with Crippen LogP contribution < -0.4 is 10.5 Å². The molecule has 0 unspecified atom stereocenters. The van der Waals surface area contributed by atoms with Crippen LogP contribution in [0, 0.1) is 6.57 Å². The Bertz CT molecular complexity index is 1490. The minimum Gasteiger partial charge on any atom is -0.488 e. The minimum absolute atomic E-state index is 0.0107. The number of carboxylic acids is 1. The maximum absolute atomic E-state index is 14.0. The highest BCUT2D eigenvalue weighted by Crippen LogP contribution is 2.41. The molecule has 0 aliphatic rings. The minimum atomic E-state index is -4.74. The van der Waals surface area contributed by atoms with E-state index in [0.29, 0.717) is 5.56 Å². The van der Waals surface area contributed by atoms with E-state index in [1.165, 1.54) is 19.1 Å². The third kappa shape index (κ3) is 5.85. The number of hydrogen-bond acceptors (Lipinski definition) is 4. The predicted molar refractivity (Wildman–Crippen MR) is 135 cm³/mol. The number of alkyl halides is 3. The van der Waals surface area contributed by atoms with Crippen LogP contribution in [0.15, 0.2) is 72.8 Å². The number of H-pyrrole nitrogens is 1. The lowest BCUT2D eigenvalue weighted by Gasteiger charge is -2.17. The fraction of sp³-hybridized carbons (Fsp3) is 0.179. The SMILES string of the molecule is [C-]#[N+]c1[nH]c([C@@](C)(N)CC(=O)O)nc1-c1ccc(OCc2ccc(-c3ccccc3)cc2)c(C(F)(F)F)c1. The molecule has 4 N–H and O–H groups in total. The van der Waals surface area contributed by atoms with Gasteiger partial charge in [0.2, 0.25) is 0 Å². The quantitative estimate of drug-likeness (QED) is 0.229. The van der Waals surface area contributed by atoms with E-state index in [-0.39, 0.29) is 35.3 Å². The number of halogens is 3. The monoisotopic (exact) mass is 520 g/mol. The number of ether oxygens (including phenoxy) is 1. The number of aromatic amines is 1. The molecule has 0 spiro atoms. The second kappa shape index (κ2) is 10.4. The van der Waals surface area contributed by atoms with E-state index in [2.05, 4.69) is 14.8 Å². The predicted octanol–water partition coefficient (Wildman–Crippen LogP) is 6.54. The summed E-state index contributed by atoms with van der Waals surface area (Å²) in [6, 6.07) is 20.4. The van der Waals surface area contributed by atoms with Gasteiger partial charge in [-0.1, -0.05) is 67.2 Å². The van der Waals surface area contributed by atoms with Gasteiger partial charge in [0, 0.05) is 0 Å². The van der Waals surface area contributed by atoms with Crippen LogP contribution in [0.3, 0.4) is 0 Å². The zero-order valence-corrected chi connectivity index (χ0v) is 20.2. The Morgan fingerprint density at radius 3 is 2.29 bits per heavy atom. The summed E-state index contributed by atoms with van der Waals surface area (Å²) in [4.78, 5) is 21.3. The third-order valence-corrected chi connectivity index (χ3v) is 5.87. The highest BCUT2D eigenvalue weighted by Gasteiger charge is 2.36. The number of benzene rings is 3. The van der Waals surface area contributed by atoms with Gasteiger partial charge in [-0.25, -0.2) is 4.98 Å². The molecule has 7 nitrogen and oxygen atoms in total. The number of aromatic nitrogens is 2. The average Bonchev–Trinajstić information content (AvgIpc) is 3.33. The van der Waals surface area contributed by atoms with Crippen LogP contribution in [0.5, 0.6) is 5.75 Å². The van der Waals surface area contributed by atoms with Crippen molar-refractivity contribution >= 4 is 11.8 Å². The second-order valence-corrected chi connectivity index (χ2v) is 8.94. The maximum Gasteiger partial charge on any atom is 0.419 e. The number of carboxylic acid groups (broad SMARTS) is 1. The van der Waals surface area contributed by atoms with Gasteiger partial charge in [-0.15, -0.1) is 0 Å². The lowest BCUT2D eigenvalue weighted by atomic mass is 9.99. The standard InChI is InChI=1S/C28H23F3N4O3/c1-27(32,15-23(36)37)26-34-24(25(33-2)35-26)20-12-13-22(21(14-20)28(29,30)31)38-16-17-8-10-19(11-9-17)18-6-4-3-5-7-18/h3-14H,15-16,32H2,1H3,(H,34,35)(H,36,37)/t27-/m0/s1. The molecular formula is C28H23F3N4O3. The highest BCUT2D eigenvalue weighted by molar-refractivity contribution is 5.75. The molecule has 194 valence electrons. The molecule has 0 saturated carbocycles. The van der Waals surface area contributed by atoms with E-state index in [1.807, 2.05) is 42.5 Å². The largest absolute Gasteiger partial charge is 0.488 e. The lowest BCUT2D eigenvalue weighted by Crippen LogP contribution is -2.36. The molecule has 1 aromatic heterocycles. The van der Waals surface area contributed by atoms with Crippen LogP contribution in [0.25, 0.3) is 27.2 Å². The summed E-state index contributed by atoms with van der Waals surface area (Å²) in [6.45, 7) is 8.71. The number of nitrogens with one attached hydrogen (secondary N) is 1. The Morgan fingerprint density at radius 2 is 1.68 bits per heavy atom. The second-order valence-electron chi connectivity index (χ2n) is 8.94. The third-order valence-electron chi connectivity index (χ3n) is 5.87. The van der Waals surface area contributed by atoms with Crippen LogP contribution in [-0.4, -0.2) is 21.0 Å². The normalized spacial score (nSPS) is 12.9. The molecule has 0 saturated heterocycles. The summed E-state index contributed by atoms with van der Waals surface area (Å²) in [7, 11) is 0. The smallest absolute Gasteiger partial charge is 0.419 e. The highest BCUT2D eigenvalue weighted by atomic mass is 19.4. The summed E-state index contributed by atoms with van der Waals surface area (Å²) >= 11 is 0. The molecule has 0 aliphatic heterocycles. The van der Waals surface area contributed by atoms with Crippen LogP contribution in [0.1, 0.15) is 30.3 Å². The van der Waals surface area contributed by atoms with Crippen LogP contribution >= 0.6 is 0 Å². The number of carbonyl (C=O) groups is 1. The van der Waals surface area contributed by atoms with E-state index < -0.39 is 29.7 Å². The van der Waals surface area contributed by atoms with Crippen LogP contribution in [-0.2, 0) is 23.1 Å². The first-order valence-electron chi connectivity index (χ1n) is 11.5. The molecule has 10 heteroatoms. The number of rotatable bonds is 8. The molecule has 4 rings (SSSR count). The van der Waals surface area contributed by atoms with Crippen molar-refractivity contribution < 1.29 is 27.8 Å². The summed E-state index contributed by atoms with van der Waals surface area (Å²) in [5.74, 6) is -1.73. The first-order chi connectivity index (χ1) is 18.0. The van der Waals surface area contributed by atoms with E-state index in [9.17, 15) is 18.0 Å².